The van der Waals surface area contributed by atoms with Crippen LogP contribution in [0, 0.1) is 0 Å². The zero-order valence-corrected chi connectivity index (χ0v) is 8.65. The summed E-state index contributed by atoms with van der Waals surface area (Å²) in [5.74, 6) is 0. The summed E-state index contributed by atoms with van der Waals surface area (Å²) in [5.41, 5.74) is 3.47. The van der Waals surface area contributed by atoms with Crippen LogP contribution in [0.2, 0.25) is 0 Å². The lowest BCUT2D eigenvalue weighted by Crippen LogP contribution is -2.33. The van der Waals surface area contributed by atoms with Crippen molar-refractivity contribution in [2.45, 2.75) is 37.8 Å². The molecule has 0 saturated heterocycles. The molecular weight excluding hydrogens is 176 g/mol. The highest BCUT2D eigenvalue weighted by molar-refractivity contribution is 4.96. The van der Waals surface area contributed by atoms with Gasteiger partial charge >= 0.3 is 0 Å². The van der Waals surface area contributed by atoms with Crippen LogP contribution in [0.25, 0.3) is 0 Å². The van der Waals surface area contributed by atoms with Gasteiger partial charge in [0.2, 0.25) is 0 Å². The van der Waals surface area contributed by atoms with Gasteiger partial charge in [-0.3, -0.25) is 4.68 Å². The molecule has 0 atom stereocenters. The van der Waals surface area contributed by atoms with Gasteiger partial charge in [-0.1, -0.05) is 0 Å². The van der Waals surface area contributed by atoms with Crippen molar-refractivity contribution in [2.24, 2.45) is 0 Å². The molecule has 0 amide bonds. The molecule has 1 fully saturated rings. The van der Waals surface area contributed by atoms with Crippen molar-refractivity contribution in [1.29, 1.82) is 0 Å². The molecule has 0 aliphatic heterocycles. The molecule has 1 aromatic rings. The summed E-state index contributed by atoms with van der Waals surface area (Å²) < 4.78 is 7.38. The van der Waals surface area contributed by atoms with Crippen molar-refractivity contribution in [3.8, 4) is 0 Å². The van der Waals surface area contributed by atoms with Crippen LogP contribution >= 0.6 is 0 Å². The summed E-state index contributed by atoms with van der Waals surface area (Å²) in [6, 6.07) is 4.68. The fourth-order valence-electron chi connectivity index (χ4n) is 2.06. The van der Waals surface area contributed by atoms with E-state index in [9.17, 15) is 0 Å². The van der Waals surface area contributed by atoms with Crippen LogP contribution in [0.4, 0.5) is 0 Å². The molecule has 1 aromatic heterocycles. The zero-order chi connectivity index (χ0) is 9.80. The number of rotatable bonds is 3. The summed E-state index contributed by atoms with van der Waals surface area (Å²) in [6.45, 7) is 0. The van der Waals surface area contributed by atoms with E-state index in [0.29, 0.717) is 12.1 Å². The molecule has 0 aromatic carbocycles. The molecule has 1 heterocycles. The van der Waals surface area contributed by atoms with E-state index < -0.39 is 0 Å². The Labute approximate surface area is 85.0 Å². The Kier molecular flexibility index (Phi) is 3.09. The normalized spacial score (nSPS) is 27.5. The van der Waals surface area contributed by atoms with Gasteiger partial charge in [-0.25, -0.2) is 0 Å². The number of ether oxygens (including phenoxy) is 1. The van der Waals surface area contributed by atoms with E-state index in [1.165, 1.54) is 25.7 Å². The van der Waals surface area contributed by atoms with Gasteiger partial charge in [-0.15, -0.1) is 0 Å². The Morgan fingerprint density at radius 1 is 1.14 bits per heavy atom. The number of hydrogen-bond acceptors (Lipinski definition) is 2. The summed E-state index contributed by atoms with van der Waals surface area (Å²) in [4.78, 5) is 0. The SMILES string of the molecule is COC1CCC(Nn2cccc2)CC1. The maximum atomic E-state index is 5.34. The highest BCUT2D eigenvalue weighted by Crippen LogP contribution is 2.21. The molecule has 0 spiro atoms. The van der Waals surface area contributed by atoms with Crippen molar-refractivity contribution in [1.82, 2.24) is 4.68 Å². The van der Waals surface area contributed by atoms with Crippen LogP contribution in [0.15, 0.2) is 24.5 Å². The molecule has 14 heavy (non-hydrogen) atoms. The lowest BCUT2D eigenvalue weighted by molar-refractivity contribution is 0.0671. The third-order valence-electron chi connectivity index (χ3n) is 2.94. The Morgan fingerprint density at radius 3 is 2.36 bits per heavy atom. The molecule has 0 bridgehead atoms. The van der Waals surface area contributed by atoms with E-state index >= 15 is 0 Å². The van der Waals surface area contributed by atoms with Crippen molar-refractivity contribution in [2.75, 3.05) is 12.5 Å². The third-order valence-corrected chi connectivity index (χ3v) is 2.94. The minimum absolute atomic E-state index is 0.484. The summed E-state index contributed by atoms with van der Waals surface area (Å²) in [6.07, 6.45) is 9.33. The molecule has 1 aliphatic carbocycles. The van der Waals surface area contributed by atoms with E-state index in [2.05, 4.69) is 5.43 Å². The first-order valence-electron chi connectivity index (χ1n) is 5.31. The molecule has 1 saturated carbocycles. The standard InChI is InChI=1S/C11H18N2O/c1-14-11-6-4-10(5-7-11)12-13-8-2-3-9-13/h2-3,8-12H,4-7H2,1H3. The van der Waals surface area contributed by atoms with Crippen molar-refractivity contribution in [3.63, 3.8) is 0 Å². The van der Waals surface area contributed by atoms with Gasteiger partial charge in [-0.05, 0) is 37.8 Å². The van der Waals surface area contributed by atoms with E-state index in [1.807, 2.05) is 36.3 Å². The third kappa shape index (κ3) is 2.29. The molecule has 0 unspecified atom stereocenters. The number of hydrogen-bond donors (Lipinski definition) is 1. The van der Waals surface area contributed by atoms with Crippen LogP contribution in [0.1, 0.15) is 25.7 Å². The number of nitrogens with one attached hydrogen (secondary N) is 1. The predicted molar refractivity (Wildman–Crippen MR) is 56.8 cm³/mol. The lowest BCUT2D eigenvalue weighted by atomic mass is 9.93. The zero-order valence-electron chi connectivity index (χ0n) is 8.65. The first-order chi connectivity index (χ1) is 6.88. The lowest BCUT2D eigenvalue weighted by Gasteiger charge is -2.29. The minimum atomic E-state index is 0.484. The first-order valence-corrected chi connectivity index (χ1v) is 5.31. The molecule has 0 radical (unpaired) electrons. The molecule has 2 rings (SSSR count). The number of methoxy groups -OCH3 is 1. The van der Waals surface area contributed by atoms with E-state index in [-0.39, 0.29) is 0 Å². The summed E-state index contributed by atoms with van der Waals surface area (Å²) >= 11 is 0. The second kappa shape index (κ2) is 4.51. The Morgan fingerprint density at radius 2 is 1.79 bits per heavy atom. The average molecular weight is 194 g/mol. The molecule has 3 nitrogen and oxygen atoms in total. The van der Waals surface area contributed by atoms with Crippen molar-refractivity contribution in [3.05, 3.63) is 24.5 Å². The van der Waals surface area contributed by atoms with Gasteiger partial charge in [0.15, 0.2) is 0 Å². The summed E-state index contributed by atoms with van der Waals surface area (Å²) in [5, 5.41) is 0. The predicted octanol–water partition coefficient (Wildman–Crippen LogP) is 1.99. The maximum Gasteiger partial charge on any atom is 0.0572 e. The van der Waals surface area contributed by atoms with Gasteiger partial charge in [0.1, 0.15) is 0 Å². The van der Waals surface area contributed by atoms with E-state index in [0.717, 1.165) is 0 Å². The molecule has 78 valence electrons. The second-order valence-electron chi connectivity index (χ2n) is 3.93. The number of nitrogens with zero attached hydrogens (tertiary/aromatic N) is 1. The Bertz CT molecular complexity index is 250. The highest BCUT2D eigenvalue weighted by Gasteiger charge is 2.20. The number of aromatic nitrogens is 1. The van der Waals surface area contributed by atoms with Crippen molar-refractivity contribution < 1.29 is 4.74 Å². The minimum Gasteiger partial charge on any atom is -0.381 e. The quantitative estimate of drug-likeness (QED) is 0.796. The van der Waals surface area contributed by atoms with Crippen molar-refractivity contribution >= 4 is 0 Å². The van der Waals surface area contributed by atoms with Crippen LogP contribution in [-0.2, 0) is 4.74 Å². The average Bonchev–Trinajstić information content (AvgIpc) is 2.72. The van der Waals surface area contributed by atoms with Crippen LogP contribution in [0.3, 0.4) is 0 Å². The largest absolute Gasteiger partial charge is 0.381 e. The highest BCUT2D eigenvalue weighted by atomic mass is 16.5. The van der Waals surface area contributed by atoms with Crippen LogP contribution < -0.4 is 5.43 Å². The molecular formula is C11H18N2O. The van der Waals surface area contributed by atoms with E-state index in [1.54, 1.807) is 0 Å². The monoisotopic (exact) mass is 194 g/mol. The molecule has 1 aliphatic rings. The fraction of sp³-hybridized carbons (Fsp3) is 0.636. The van der Waals surface area contributed by atoms with Gasteiger partial charge in [0.25, 0.3) is 0 Å². The fourth-order valence-corrected chi connectivity index (χ4v) is 2.06. The topological polar surface area (TPSA) is 26.2 Å². The Hall–Kier alpha value is -0.960. The molecule has 3 heteroatoms. The van der Waals surface area contributed by atoms with Gasteiger partial charge < -0.3 is 10.2 Å². The van der Waals surface area contributed by atoms with E-state index in [4.69, 9.17) is 4.74 Å². The first kappa shape index (κ1) is 9.59. The van der Waals surface area contributed by atoms with Crippen LogP contribution in [-0.4, -0.2) is 23.9 Å². The Balaban J connectivity index is 1.79. The van der Waals surface area contributed by atoms with Gasteiger partial charge in [-0.2, -0.15) is 0 Å². The smallest absolute Gasteiger partial charge is 0.0572 e. The van der Waals surface area contributed by atoms with Gasteiger partial charge in [0, 0.05) is 25.5 Å². The molecule has 1 N–H and O–H groups in total. The summed E-state index contributed by atoms with van der Waals surface area (Å²) in [7, 11) is 1.81. The second-order valence-corrected chi connectivity index (χ2v) is 3.93. The van der Waals surface area contributed by atoms with Crippen LogP contribution in [0.5, 0.6) is 0 Å². The maximum absolute atomic E-state index is 5.34. The van der Waals surface area contributed by atoms with Gasteiger partial charge in [0.05, 0.1) is 6.10 Å².